The minimum absolute atomic E-state index is 0.149. The summed E-state index contributed by atoms with van der Waals surface area (Å²) in [5.74, 6) is 0.149. The van der Waals surface area contributed by atoms with Gasteiger partial charge in [-0.3, -0.25) is 0 Å². The van der Waals surface area contributed by atoms with Crippen molar-refractivity contribution in [2.75, 3.05) is 5.75 Å². The first-order chi connectivity index (χ1) is 9.49. The average Bonchev–Trinajstić information content (AvgIpc) is 2.21. The molecule has 0 heterocycles. The number of thioether (sulfide) groups is 1. The van der Waals surface area contributed by atoms with Gasteiger partial charge in [-0.15, -0.1) is 6.58 Å². The lowest BCUT2D eigenvalue weighted by molar-refractivity contribution is -0.106. The summed E-state index contributed by atoms with van der Waals surface area (Å²) in [7, 11) is 0. The van der Waals surface area contributed by atoms with Crippen LogP contribution in [0.2, 0.25) is 0 Å². The lowest BCUT2D eigenvalue weighted by atomic mass is 10.2. The standard InChI is InChI=1S/C11H19N3O6S/c1-5-6-21-11(18-7(12)15,19-8(13)16)14-9(17)20-10(2,3)4/h5H,1,6H2,2-4H3,(H2,12,15)(H2,13,16)(H,14,17). The zero-order valence-corrected chi connectivity index (χ0v) is 12.8. The summed E-state index contributed by atoms with van der Waals surface area (Å²) >= 11 is 0.704. The Labute approximate surface area is 126 Å². The van der Waals surface area contributed by atoms with Gasteiger partial charge in [0, 0.05) is 5.75 Å². The highest BCUT2D eigenvalue weighted by molar-refractivity contribution is 8.00. The third-order valence-electron chi connectivity index (χ3n) is 1.52. The van der Waals surface area contributed by atoms with Crippen LogP contribution in [0.25, 0.3) is 0 Å². The first-order valence-electron chi connectivity index (χ1n) is 5.72. The molecule has 0 saturated heterocycles. The van der Waals surface area contributed by atoms with Crippen molar-refractivity contribution < 1.29 is 28.6 Å². The first-order valence-corrected chi connectivity index (χ1v) is 6.71. The third kappa shape index (κ3) is 8.63. The minimum atomic E-state index is -2.24. The molecule has 0 saturated carbocycles. The Morgan fingerprint density at radius 2 is 1.62 bits per heavy atom. The van der Waals surface area contributed by atoms with Crippen LogP contribution in [0.4, 0.5) is 14.4 Å². The number of nitrogens with two attached hydrogens (primary N) is 2. The molecule has 10 heteroatoms. The molecule has 0 aromatic heterocycles. The highest BCUT2D eigenvalue weighted by atomic mass is 32.2. The van der Waals surface area contributed by atoms with E-state index in [2.05, 4.69) is 21.4 Å². The molecule has 0 bridgehead atoms. The predicted molar refractivity (Wildman–Crippen MR) is 76.1 cm³/mol. The Morgan fingerprint density at radius 3 is 1.95 bits per heavy atom. The summed E-state index contributed by atoms with van der Waals surface area (Å²) in [4.78, 5) is 33.7. The Hall–Kier alpha value is -2.10. The van der Waals surface area contributed by atoms with Crippen LogP contribution in [-0.4, -0.2) is 34.9 Å². The molecule has 0 aromatic carbocycles. The highest BCUT2D eigenvalue weighted by Crippen LogP contribution is 2.26. The molecule has 0 aliphatic heterocycles. The number of ether oxygens (including phenoxy) is 3. The van der Waals surface area contributed by atoms with E-state index >= 15 is 0 Å². The summed E-state index contributed by atoms with van der Waals surface area (Å²) in [6.07, 6.45) is -2.15. The molecule has 120 valence electrons. The van der Waals surface area contributed by atoms with Crippen molar-refractivity contribution in [3.63, 3.8) is 0 Å². The number of rotatable bonds is 6. The molecule has 0 radical (unpaired) electrons. The van der Waals surface area contributed by atoms with Crippen molar-refractivity contribution in [2.45, 2.75) is 31.6 Å². The van der Waals surface area contributed by atoms with E-state index in [1.54, 1.807) is 20.8 Å². The zero-order valence-electron chi connectivity index (χ0n) is 12.0. The fraction of sp³-hybridized carbons (Fsp3) is 0.545. The van der Waals surface area contributed by atoms with Crippen LogP contribution in [0.3, 0.4) is 0 Å². The Balaban J connectivity index is 5.21. The van der Waals surface area contributed by atoms with E-state index in [-0.39, 0.29) is 5.75 Å². The number of hydrogen-bond donors (Lipinski definition) is 3. The van der Waals surface area contributed by atoms with Crippen molar-refractivity contribution in [3.8, 4) is 0 Å². The molecule has 5 N–H and O–H groups in total. The van der Waals surface area contributed by atoms with Gasteiger partial charge >= 0.3 is 23.5 Å². The molecule has 0 aromatic rings. The van der Waals surface area contributed by atoms with Crippen LogP contribution in [0, 0.1) is 0 Å². The first kappa shape index (κ1) is 18.9. The molecule has 0 atom stereocenters. The van der Waals surface area contributed by atoms with Gasteiger partial charge in [-0.25, -0.2) is 19.7 Å². The second-order valence-electron chi connectivity index (χ2n) is 4.62. The molecule has 0 aliphatic rings. The van der Waals surface area contributed by atoms with Gasteiger partial charge in [-0.2, -0.15) is 0 Å². The van der Waals surface area contributed by atoms with Gasteiger partial charge in [0.2, 0.25) is 0 Å². The van der Waals surface area contributed by atoms with E-state index in [9.17, 15) is 14.4 Å². The fourth-order valence-corrected chi connectivity index (χ4v) is 1.80. The van der Waals surface area contributed by atoms with Crippen molar-refractivity contribution in [2.24, 2.45) is 11.5 Å². The van der Waals surface area contributed by atoms with Crippen molar-refractivity contribution in [1.29, 1.82) is 0 Å². The van der Waals surface area contributed by atoms with Gasteiger partial charge in [0.25, 0.3) is 0 Å². The summed E-state index contributed by atoms with van der Waals surface area (Å²) in [6.45, 7) is 8.31. The van der Waals surface area contributed by atoms with Gasteiger partial charge < -0.3 is 25.7 Å². The van der Waals surface area contributed by atoms with Gasteiger partial charge in [-0.05, 0) is 32.5 Å². The van der Waals surface area contributed by atoms with E-state index in [1.807, 2.05) is 0 Å². The Morgan fingerprint density at radius 1 is 1.14 bits per heavy atom. The van der Waals surface area contributed by atoms with Crippen molar-refractivity contribution in [1.82, 2.24) is 5.32 Å². The maximum Gasteiger partial charge on any atom is 0.414 e. The number of nitrogens with one attached hydrogen (secondary N) is 1. The van der Waals surface area contributed by atoms with E-state index < -0.39 is 29.1 Å². The lowest BCUT2D eigenvalue weighted by Gasteiger charge is -2.31. The summed E-state index contributed by atoms with van der Waals surface area (Å²) in [6, 6.07) is 0. The number of amides is 3. The second-order valence-corrected chi connectivity index (χ2v) is 5.78. The van der Waals surface area contributed by atoms with E-state index in [4.69, 9.17) is 16.2 Å². The number of carbonyl (C=O) groups excluding carboxylic acids is 3. The zero-order chi connectivity index (χ0) is 16.7. The van der Waals surface area contributed by atoms with Gasteiger partial charge in [0.1, 0.15) is 5.60 Å². The van der Waals surface area contributed by atoms with Crippen LogP contribution in [0.15, 0.2) is 12.7 Å². The van der Waals surface area contributed by atoms with Gasteiger partial charge in [0.15, 0.2) is 0 Å². The minimum Gasteiger partial charge on any atom is -0.444 e. The van der Waals surface area contributed by atoms with Gasteiger partial charge in [-0.1, -0.05) is 6.08 Å². The second kappa shape index (κ2) is 7.62. The van der Waals surface area contributed by atoms with Crippen LogP contribution in [0.1, 0.15) is 20.8 Å². The maximum atomic E-state index is 11.8. The number of hydrogen-bond acceptors (Lipinski definition) is 7. The Kier molecular flexibility index (Phi) is 6.86. The maximum absolute atomic E-state index is 11.8. The fourth-order valence-electron chi connectivity index (χ4n) is 1.03. The molecule has 0 aliphatic carbocycles. The molecule has 21 heavy (non-hydrogen) atoms. The number of primary amides is 2. The van der Waals surface area contributed by atoms with E-state index in [0.717, 1.165) is 0 Å². The van der Waals surface area contributed by atoms with E-state index in [0.29, 0.717) is 11.8 Å². The molecule has 3 amide bonds. The number of carbonyl (C=O) groups is 3. The predicted octanol–water partition coefficient (Wildman–Crippen LogP) is 1.23. The van der Waals surface area contributed by atoms with Gasteiger partial charge in [0.05, 0.1) is 0 Å². The molecule has 0 spiro atoms. The SMILES string of the molecule is C=CCSC(NC(=O)OC(C)(C)C)(OC(N)=O)OC(N)=O. The molecule has 0 unspecified atom stereocenters. The Bertz CT molecular complexity index is 405. The molecule has 0 rings (SSSR count). The molecule has 0 fully saturated rings. The normalized spacial score (nSPS) is 11.2. The van der Waals surface area contributed by atoms with Crippen LogP contribution in [-0.2, 0) is 14.2 Å². The summed E-state index contributed by atoms with van der Waals surface area (Å²) < 4.78 is 14.3. The summed E-state index contributed by atoms with van der Waals surface area (Å²) in [5, 5.41) is -0.149. The summed E-state index contributed by atoms with van der Waals surface area (Å²) in [5.41, 5.74) is 8.99. The quantitative estimate of drug-likeness (QED) is 0.493. The highest BCUT2D eigenvalue weighted by Gasteiger charge is 2.42. The van der Waals surface area contributed by atoms with Crippen LogP contribution in [0.5, 0.6) is 0 Å². The average molecular weight is 321 g/mol. The monoisotopic (exact) mass is 321 g/mol. The van der Waals surface area contributed by atoms with Crippen LogP contribution >= 0.6 is 11.8 Å². The molecule has 9 nitrogen and oxygen atoms in total. The van der Waals surface area contributed by atoms with E-state index in [1.165, 1.54) is 6.08 Å². The number of alkyl carbamates (subject to hydrolysis) is 1. The molecular formula is C11H19N3O6S. The lowest BCUT2D eigenvalue weighted by Crippen LogP contribution is -2.55. The largest absolute Gasteiger partial charge is 0.444 e. The smallest absolute Gasteiger partial charge is 0.414 e. The van der Waals surface area contributed by atoms with Crippen molar-refractivity contribution in [3.05, 3.63) is 12.7 Å². The topological polar surface area (TPSA) is 143 Å². The third-order valence-corrected chi connectivity index (χ3v) is 2.57. The molecular weight excluding hydrogens is 302 g/mol. The van der Waals surface area contributed by atoms with Crippen LogP contribution < -0.4 is 16.8 Å². The van der Waals surface area contributed by atoms with Crippen molar-refractivity contribution >= 4 is 30.0 Å².